The van der Waals surface area contributed by atoms with Crippen LogP contribution in [-0.2, 0) is 9.53 Å². The Bertz CT molecular complexity index is 804. The summed E-state index contributed by atoms with van der Waals surface area (Å²) in [7, 11) is 0. The molecule has 0 spiro atoms. The summed E-state index contributed by atoms with van der Waals surface area (Å²) >= 11 is 5.00. The fourth-order valence-corrected chi connectivity index (χ4v) is 1.80. The zero-order chi connectivity index (χ0) is 24.2. The molecular weight excluding hydrogens is 422 g/mol. The van der Waals surface area contributed by atoms with E-state index in [0.717, 1.165) is 10.8 Å². The molecule has 2 heterocycles. The molecule has 31 heavy (non-hydrogen) atoms. The highest BCUT2D eigenvalue weighted by Gasteiger charge is 2.25. The lowest BCUT2D eigenvalue weighted by molar-refractivity contribution is -0.107. The van der Waals surface area contributed by atoms with Gasteiger partial charge in [0.1, 0.15) is 0 Å². The predicted molar refractivity (Wildman–Crippen MR) is 122 cm³/mol. The summed E-state index contributed by atoms with van der Waals surface area (Å²) in [4.78, 5) is 28.5. The molecule has 2 rings (SSSR count). The van der Waals surface area contributed by atoms with Crippen molar-refractivity contribution in [3.63, 3.8) is 0 Å². The first-order valence-electron chi connectivity index (χ1n) is 9.81. The number of ether oxygens (including phenoxy) is 1. The Kier molecular flexibility index (Phi) is 12.0. The highest BCUT2D eigenvalue weighted by molar-refractivity contribution is 6.17. The number of aromatic nitrogens is 2. The van der Waals surface area contributed by atoms with Gasteiger partial charge in [-0.3, -0.25) is 4.79 Å². The molecule has 0 aromatic carbocycles. The van der Waals surface area contributed by atoms with E-state index in [-0.39, 0.29) is 17.8 Å². The lowest BCUT2D eigenvalue weighted by Crippen LogP contribution is -2.33. The number of hydrogen-bond acceptors (Lipinski definition) is 7. The summed E-state index contributed by atoms with van der Waals surface area (Å²) in [6.45, 7) is 14.9. The zero-order valence-electron chi connectivity index (χ0n) is 19.6. The molecule has 0 aliphatic carbocycles. The first-order chi connectivity index (χ1) is 14.2. The lowest BCUT2D eigenvalue weighted by Gasteiger charge is -2.21. The van der Waals surface area contributed by atoms with E-state index in [1.807, 2.05) is 27.7 Å². The van der Waals surface area contributed by atoms with Crippen molar-refractivity contribution in [1.82, 2.24) is 10.1 Å². The van der Waals surface area contributed by atoms with E-state index >= 15 is 0 Å². The lowest BCUT2D eigenvalue weighted by atomic mass is 9.99. The van der Waals surface area contributed by atoms with Gasteiger partial charge in [-0.1, -0.05) is 32.9 Å². The third-order valence-electron chi connectivity index (χ3n) is 2.84. The number of aliphatic hydroxyl groups is 1. The summed E-state index contributed by atoms with van der Waals surface area (Å²) < 4.78 is 10.4. The monoisotopic (exact) mass is 455 g/mol. The van der Waals surface area contributed by atoms with Crippen LogP contribution in [0.1, 0.15) is 54.2 Å². The number of anilines is 1. The number of amides is 2. The fraction of sp³-hybridized carbons (Fsp3) is 0.545. The molecule has 0 atom stereocenters. The Morgan fingerprint density at radius 2 is 1.84 bits per heavy atom. The van der Waals surface area contributed by atoms with Crippen LogP contribution in [-0.4, -0.2) is 45.8 Å². The van der Waals surface area contributed by atoms with Crippen LogP contribution in [0, 0.1) is 12.3 Å². The zero-order valence-corrected chi connectivity index (χ0v) is 20.4. The van der Waals surface area contributed by atoms with Crippen LogP contribution in [0.2, 0.25) is 0 Å². The fourth-order valence-electron chi connectivity index (χ4n) is 1.80. The van der Waals surface area contributed by atoms with Crippen LogP contribution < -0.4 is 4.90 Å². The minimum Gasteiger partial charge on any atom is -0.448 e. The summed E-state index contributed by atoms with van der Waals surface area (Å²) in [6.07, 6.45) is 1.07. The van der Waals surface area contributed by atoms with Crippen LogP contribution in [0.15, 0.2) is 28.9 Å². The van der Waals surface area contributed by atoms with Crippen LogP contribution in [0.3, 0.4) is 0 Å². The van der Waals surface area contributed by atoms with E-state index in [1.54, 1.807) is 45.9 Å². The summed E-state index contributed by atoms with van der Waals surface area (Å²) in [6, 6.07) is 5.07. The topological polar surface area (TPSA) is 106 Å². The van der Waals surface area contributed by atoms with Gasteiger partial charge in [0.25, 0.3) is 0 Å². The molecule has 0 aliphatic rings. The van der Waals surface area contributed by atoms with Gasteiger partial charge in [-0.25, -0.2) is 9.78 Å². The Morgan fingerprint density at radius 3 is 2.26 bits per heavy atom. The van der Waals surface area contributed by atoms with Crippen molar-refractivity contribution < 1.29 is 24.0 Å². The van der Waals surface area contributed by atoms with Crippen molar-refractivity contribution in [1.29, 1.82) is 0 Å². The van der Waals surface area contributed by atoms with Gasteiger partial charge in [0, 0.05) is 18.1 Å². The van der Waals surface area contributed by atoms with E-state index < -0.39 is 11.7 Å². The van der Waals surface area contributed by atoms with E-state index in [1.165, 1.54) is 6.20 Å². The number of hydrogen-bond donors (Lipinski definition) is 1. The number of nitrogens with zero attached hydrogens (tertiary/aromatic N) is 3. The van der Waals surface area contributed by atoms with Gasteiger partial charge in [0.2, 0.25) is 6.41 Å². The minimum absolute atomic E-state index is 0.137. The van der Waals surface area contributed by atoms with Crippen molar-refractivity contribution in [2.75, 3.05) is 17.4 Å². The molecule has 0 saturated heterocycles. The average Bonchev–Trinajstić information content (AvgIpc) is 3.06. The van der Waals surface area contributed by atoms with Crippen molar-refractivity contribution in [3.05, 3.63) is 30.1 Å². The SMILES string of the molecule is CC(C)(C)O.CCCl.Cc1cc(-c2cccnc2N(C=O)C(=O)OCC(C)(C)C)on1. The maximum absolute atomic E-state index is 12.2. The standard InChI is InChI=1S/C16H19N3O4.C4H10O.C2H5Cl/c1-11-8-13(23-18-11)12-6-5-7-17-14(12)19(10-20)15(21)22-9-16(2,3)4;1-4(2,3)5;1-2-3/h5-8,10H,9H2,1-4H3;5H,1-3H3;2H2,1H3. The van der Waals surface area contributed by atoms with Gasteiger partial charge in [-0.05, 0) is 45.2 Å². The van der Waals surface area contributed by atoms with Gasteiger partial charge in [0.15, 0.2) is 11.6 Å². The minimum atomic E-state index is -0.786. The van der Waals surface area contributed by atoms with Gasteiger partial charge in [0.05, 0.1) is 23.5 Å². The summed E-state index contributed by atoms with van der Waals surface area (Å²) in [5, 5.41) is 12.3. The molecule has 0 fully saturated rings. The Morgan fingerprint density at radius 1 is 1.29 bits per heavy atom. The number of aryl methyl sites for hydroxylation is 1. The Labute approximate surface area is 189 Å². The number of pyridine rings is 1. The highest BCUT2D eigenvalue weighted by Crippen LogP contribution is 2.29. The van der Waals surface area contributed by atoms with Crippen molar-refractivity contribution in [3.8, 4) is 11.3 Å². The Balaban J connectivity index is 0.000000968. The van der Waals surface area contributed by atoms with Crippen LogP contribution in [0.5, 0.6) is 0 Å². The van der Waals surface area contributed by atoms with Crippen LogP contribution in [0.4, 0.5) is 10.6 Å². The van der Waals surface area contributed by atoms with Crippen molar-refractivity contribution >= 4 is 29.9 Å². The smallest absolute Gasteiger partial charge is 0.422 e. The molecular formula is C22H34ClN3O5. The van der Waals surface area contributed by atoms with Crippen LogP contribution in [0.25, 0.3) is 11.3 Å². The van der Waals surface area contributed by atoms with Crippen LogP contribution >= 0.6 is 11.6 Å². The molecule has 9 heteroatoms. The number of halogens is 1. The Hall–Kier alpha value is -2.45. The van der Waals surface area contributed by atoms with E-state index in [9.17, 15) is 9.59 Å². The quantitative estimate of drug-likeness (QED) is 0.498. The number of imide groups is 1. The predicted octanol–water partition coefficient (Wildman–Crippen LogP) is 5.21. The molecule has 174 valence electrons. The van der Waals surface area contributed by atoms with E-state index in [4.69, 9.17) is 26.0 Å². The largest absolute Gasteiger partial charge is 0.448 e. The average molecular weight is 456 g/mol. The molecule has 0 bridgehead atoms. The number of alkyl halides is 1. The van der Waals surface area contributed by atoms with E-state index in [2.05, 4.69) is 10.1 Å². The highest BCUT2D eigenvalue weighted by atomic mass is 35.5. The number of carbonyl (C=O) groups is 2. The van der Waals surface area contributed by atoms with Gasteiger partial charge >= 0.3 is 6.09 Å². The number of rotatable bonds is 4. The normalized spacial score (nSPS) is 10.8. The molecule has 0 saturated carbocycles. The van der Waals surface area contributed by atoms with E-state index in [0.29, 0.717) is 23.4 Å². The second kappa shape index (κ2) is 13.1. The molecule has 2 aromatic rings. The molecule has 0 unspecified atom stereocenters. The molecule has 2 aromatic heterocycles. The summed E-state index contributed by atoms with van der Waals surface area (Å²) in [5.74, 6) is 1.28. The third-order valence-corrected chi connectivity index (χ3v) is 2.84. The molecule has 8 nitrogen and oxygen atoms in total. The molecule has 1 N–H and O–H groups in total. The first kappa shape index (κ1) is 28.5. The van der Waals surface area contributed by atoms with Crippen molar-refractivity contribution in [2.45, 2.75) is 61.0 Å². The van der Waals surface area contributed by atoms with Crippen molar-refractivity contribution in [2.24, 2.45) is 5.41 Å². The summed E-state index contributed by atoms with van der Waals surface area (Å²) in [5.41, 5.74) is 0.454. The first-order valence-corrected chi connectivity index (χ1v) is 10.3. The second-order valence-electron chi connectivity index (χ2n) is 8.74. The molecule has 0 radical (unpaired) electrons. The maximum Gasteiger partial charge on any atom is 0.422 e. The van der Waals surface area contributed by atoms with Gasteiger partial charge < -0.3 is 14.4 Å². The molecule has 2 amide bonds. The maximum atomic E-state index is 12.2. The third kappa shape index (κ3) is 12.8. The second-order valence-corrected chi connectivity index (χ2v) is 9.27. The van der Waals surface area contributed by atoms with Gasteiger partial charge in [-0.15, -0.1) is 11.6 Å². The van der Waals surface area contributed by atoms with Gasteiger partial charge in [-0.2, -0.15) is 4.90 Å². The molecule has 0 aliphatic heterocycles. The number of carbonyl (C=O) groups excluding carboxylic acids is 2.